The molecular formula is C31H26O5. The van der Waals surface area contributed by atoms with Gasteiger partial charge in [-0.05, 0) is 88.2 Å². The van der Waals surface area contributed by atoms with Crippen LogP contribution in [0, 0.1) is 0 Å². The summed E-state index contributed by atoms with van der Waals surface area (Å²) >= 11 is 0. The topological polar surface area (TPSA) is 101 Å². The Bertz CT molecular complexity index is 1520. The molecule has 0 saturated carbocycles. The number of hydrogen-bond acceptors (Lipinski definition) is 5. The number of fused-ring (bicyclic) bond motifs is 1. The third-order valence-corrected chi connectivity index (χ3v) is 6.50. The van der Waals surface area contributed by atoms with Crippen LogP contribution in [0.4, 0.5) is 0 Å². The molecule has 0 aliphatic carbocycles. The van der Waals surface area contributed by atoms with Gasteiger partial charge in [0, 0.05) is 23.8 Å². The zero-order valence-electron chi connectivity index (χ0n) is 19.5. The largest absolute Gasteiger partial charge is 0.508 e. The summed E-state index contributed by atoms with van der Waals surface area (Å²) in [6.45, 7) is 0. The molecule has 5 heteroatoms. The molecule has 0 aromatic heterocycles. The molecule has 0 atom stereocenters. The van der Waals surface area contributed by atoms with Crippen LogP contribution >= 0.6 is 0 Å². The van der Waals surface area contributed by atoms with E-state index < -0.39 is 0 Å². The molecule has 0 bridgehead atoms. The van der Waals surface area contributed by atoms with Crippen molar-refractivity contribution in [1.29, 1.82) is 0 Å². The van der Waals surface area contributed by atoms with Crippen LogP contribution in [-0.4, -0.2) is 25.5 Å². The summed E-state index contributed by atoms with van der Waals surface area (Å²) in [5.74, 6) is 0.809. The Hall–Kier alpha value is -4.64. The van der Waals surface area contributed by atoms with Crippen LogP contribution in [0.3, 0.4) is 0 Å². The standard InChI is InChI=1S/C31H26O5/c32-24-8-1-19(2-9-24)15-22-7-14-29(35)27-18-23(16-20-3-10-25(33)11-4-20)31(36)28(30(22)27)17-21-5-12-26(34)13-6-21/h1-14,18,32-36H,15-17H2. The van der Waals surface area contributed by atoms with E-state index in [-0.39, 0.29) is 28.7 Å². The van der Waals surface area contributed by atoms with Gasteiger partial charge in [0.2, 0.25) is 0 Å². The molecule has 0 aliphatic rings. The lowest BCUT2D eigenvalue weighted by molar-refractivity contribution is 0.464. The van der Waals surface area contributed by atoms with Gasteiger partial charge in [0.15, 0.2) is 0 Å². The molecule has 0 aliphatic heterocycles. The predicted molar refractivity (Wildman–Crippen MR) is 140 cm³/mol. The third kappa shape index (κ3) is 4.77. The summed E-state index contributed by atoms with van der Waals surface area (Å²) < 4.78 is 0. The van der Waals surface area contributed by atoms with Crippen molar-refractivity contribution in [2.45, 2.75) is 19.3 Å². The highest BCUT2D eigenvalue weighted by atomic mass is 16.3. The van der Waals surface area contributed by atoms with Gasteiger partial charge in [0.05, 0.1) is 0 Å². The van der Waals surface area contributed by atoms with Crippen LogP contribution in [0.2, 0.25) is 0 Å². The molecule has 5 rings (SSSR count). The minimum absolute atomic E-state index is 0.123. The molecule has 0 radical (unpaired) electrons. The molecule has 36 heavy (non-hydrogen) atoms. The average molecular weight is 479 g/mol. The van der Waals surface area contributed by atoms with Crippen molar-refractivity contribution in [1.82, 2.24) is 0 Å². The highest BCUT2D eigenvalue weighted by Gasteiger charge is 2.19. The molecule has 0 fully saturated rings. The number of rotatable bonds is 6. The summed E-state index contributed by atoms with van der Waals surface area (Å²) in [5, 5.41) is 52.8. The summed E-state index contributed by atoms with van der Waals surface area (Å²) in [4.78, 5) is 0. The minimum Gasteiger partial charge on any atom is -0.508 e. The molecule has 5 aromatic rings. The van der Waals surface area contributed by atoms with Crippen molar-refractivity contribution in [2.75, 3.05) is 0 Å². The fourth-order valence-electron chi connectivity index (χ4n) is 4.65. The van der Waals surface area contributed by atoms with E-state index in [1.165, 1.54) is 0 Å². The van der Waals surface area contributed by atoms with Crippen molar-refractivity contribution in [3.8, 4) is 28.7 Å². The lowest BCUT2D eigenvalue weighted by Crippen LogP contribution is -2.00. The summed E-state index contributed by atoms with van der Waals surface area (Å²) in [6, 6.07) is 26.0. The summed E-state index contributed by atoms with van der Waals surface area (Å²) in [5.41, 5.74) is 5.11. The van der Waals surface area contributed by atoms with Crippen molar-refractivity contribution in [2.24, 2.45) is 0 Å². The molecular weight excluding hydrogens is 452 g/mol. The number of hydrogen-bond donors (Lipinski definition) is 5. The van der Waals surface area contributed by atoms with Gasteiger partial charge < -0.3 is 25.5 Å². The van der Waals surface area contributed by atoms with Crippen LogP contribution in [0.15, 0.2) is 91.0 Å². The lowest BCUT2D eigenvalue weighted by atomic mass is 9.88. The maximum Gasteiger partial charge on any atom is 0.123 e. The fraction of sp³-hybridized carbons (Fsp3) is 0.0968. The van der Waals surface area contributed by atoms with Gasteiger partial charge in [0.1, 0.15) is 28.7 Å². The van der Waals surface area contributed by atoms with Crippen LogP contribution in [-0.2, 0) is 19.3 Å². The molecule has 5 aromatic carbocycles. The maximum atomic E-state index is 11.5. The van der Waals surface area contributed by atoms with E-state index in [0.717, 1.165) is 27.6 Å². The van der Waals surface area contributed by atoms with Crippen LogP contribution < -0.4 is 0 Å². The number of phenols is 5. The van der Waals surface area contributed by atoms with E-state index in [1.54, 1.807) is 54.6 Å². The highest BCUT2D eigenvalue weighted by Crippen LogP contribution is 2.40. The van der Waals surface area contributed by atoms with E-state index in [2.05, 4.69) is 0 Å². The van der Waals surface area contributed by atoms with Gasteiger partial charge in [-0.25, -0.2) is 0 Å². The SMILES string of the molecule is Oc1ccc(Cc2cc3c(O)ccc(Cc4ccc(O)cc4)c3c(Cc3ccc(O)cc3)c2O)cc1. The maximum absolute atomic E-state index is 11.5. The third-order valence-electron chi connectivity index (χ3n) is 6.50. The van der Waals surface area contributed by atoms with Crippen LogP contribution in [0.5, 0.6) is 28.7 Å². The van der Waals surface area contributed by atoms with E-state index in [0.29, 0.717) is 35.8 Å². The number of benzene rings is 5. The average Bonchev–Trinajstić information content (AvgIpc) is 2.87. The second-order valence-electron chi connectivity index (χ2n) is 9.06. The van der Waals surface area contributed by atoms with Crippen molar-refractivity contribution in [3.63, 3.8) is 0 Å². The van der Waals surface area contributed by atoms with E-state index in [1.807, 2.05) is 36.4 Å². The molecule has 0 spiro atoms. The predicted octanol–water partition coefficient (Wildman–Crippen LogP) is 6.14. The first-order valence-electron chi connectivity index (χ1n) is 11.7. The van der Waals surface area contributed by atoms with Gasteiger partial charge in [0.25, 0.3) is 0 Å². The Morgan fingerprint density at radius 1 is 0.444 bits per heavy atom. The molecule has 0 saturated heterocycles. The number of phenolic OH excluding ortho intramolecular Hbond substituents is 5. The zero-order valence-corrected chi connectivity index (χ0v) is 19.5. The molecule has 0 heterocycles. The van der Waals surface area contributed by atoms with E-state index in [9.17, 15) is 25.5 Å². The summed E-state index contributed by atoms with van der Waals surface area (Å²) in [6.07, 6.45) is 1.38. The Labute approximate surface area is 208 Å². The first-order chi connectivity index (χ1) is 17.4. The Morgan fingerprint density at radius 2 is 0.889 bits per heavy atom. The Morgan fingerprint density at radius 3 is 1.39 bits per heavy atom. The van der Waals surface area contributed by atoms with E-state index >= 15 is 0 Å². The van der Waals surface area contributed by atoms with Crippen molar-refractivity contribution < 1.29 is 25.5 Å². The fourth-order valence-corrected chi connectivity index (χ4v) is 4.65. The first kappa shape index (κ1) is 23.1. The van der Waals surface area contributed by atoms with Crippen LogP contribution in [0.25, 0.3) is 10.8 Å². The second kappa shape index (κ2) is 9.55. The van der Waals surface area contributed by atoms with Gasteiger partial charge in [-0.15, -0.1) is 0 Å². The Kier molecular flexibility index (Phi) is 6.13. The van der Waals surface area contributed by atoms with Gasteiger partial charge in [-0.1, -0.05) is 42.5 Å². The van der Waals surface area contributed by atoms with Crippen LogP contribution in [0.1, 0.15) is 33.4 Å². The smallest absolute Gasteiger partial charge is 0.123 e. The molecule has 180 valence electrons. The normalized spacial score (nSPS) is 11.1. The first-order valence-corrected chi connectivity index (χ1v) is 11.7. The molecule has 0 amide bonds. The number of aromatic hydroxyl groups is 5. The van der Waals surface area contributed by atoms with Gasteiger partial charge in [-0.3, -0.25) is 0 Å². The summed E-state index contributed by atoms with van der Waals surface area (Å²) in [7, 11) is 0. The van der Waals surface area contributed by atoms with Crippen molar-refractivity contribution in [3.05, 3.63) is 124 Å². The monoisotopic (exact) mass is 478 g/mol. The second-order valence-corrected chi connectivity index (χ2v) is 9.06. The zero-order chi connectivity index (χ0) is 25.2. The Balaban J connectivity index is 1.68. The van der Waals surface area contributed by atoms with Gasteiger partial charge in [-0.2, -0.15) is 0 Å². The minimum atomic E-state index is 0.123. The quantitative estimate of drug-likeness (QED) is 0.202. The molecule has 5 N–H and O–H groups in total. The highest BCUT2D eigenvalue weighted by molar-refractivity contribution is 5.96. The van der Waals surface area contributed by atoms with Crippen molar-refractivity contribution >= 4 is 10.8 Å². The van der Waals surface area contributed by atoms with E-state index in [4.69, 9.17) is 0 Å². The lowest BCUT2D eigenvalue weighted by Gasteiger charge is -2.18. The molecule has 5 nitrogen and oxygen atoms in total. The van der Waals surface area contributed by atoms with Gasteiger partial charge >= 0.3 is 0 Å². The molecule has 0 unspecified atom stereocenters.